The molecule has 0 aromatic heterocycles. The summed E-state index contributed by atoms with van der Waals surface area (Å²) in [6, 6.07) is 0. The van der Waals surface area contributed by atoms with Gasteiger partial charge in [-0.15, -0.1) is 0 Å². The molecule has 0 N–H and O–H groups in total. The first-order valence-corrected chi connectivity index (χ1v) is 14.5. The molecule has 0 saturated heterocycles. The molecule has 33 heavy (non-hydrogen) atoms. The SMILES string of the molecule is CC(C)CCC[C@@H](C)C1CCC2C3CC=C4C[C@@H](OC(=O)C(C)C)CC[C@]4(C)C3CC[C@@]21C. The Balaban J connectivity index is 1.45. The van der Waals surface area contributed by atoms with Crippen molar-refractivity contribution in [1.29, 1.82) is 0 Å². The number of hydrogen-bond acceptors (Lipinski definition) is 2. The molecule has 188 valence electrons. The van der Waals surface area contributed by atoms with Crippen LogP contribution in [0.1, 0.15) is 119 Å². The van der Waals surface area contributed by atoms with E-state index in [9.17, 15) is 4.79 Å². The largest absolute Gasteiger partial charge is 0.462 e. The van der Waals surface area contributed by atoms with Crippen molar-refractivity contribution in [2.45, 2.75) is 125 Å². The van der Waals surface area contributed by atoms with E-state index in [0.717, 1.165) is 48.3 Å². The van der Waals surface area contributed by atoms with Crippen LogP contribution in [0.5, 0.6) is 0 Å². The summed E-state index contributed by atoms with van der Waals surface area (Å²) < 4.78 is 5.88. The van der Waals surface area contributed by atoms with Crippen LogP contribution in [0.25, 0.3) is 0 Å². The second-order valence-corrected chi connectivity index (χ2v) is 13.7. The smallest absolute Gasteiger partial charge is 0.308 e. The van der Waals surface area contributed by atoms with Gasteiger partial charge in [0, 0.05) is 6.42 Å². The molecular weight excluding hydrogens is 404 g/mol. The summed E-state index contributed by atoms with van der Waals surface area (Å²) in [4.78, 5) is 12.2. The number of rotatable bonds is 7. The molecule has 4 aliphatic rings. The molecule has 0 aliphatic heterocycles. The Morgan fingerprint density at radius 3 is 2.45 bits per heavy atom. The average molecular weight is 457 g/mol. The molecule has 0 aromatic carbocycles. The predicted octanol–water partition coefficient (Wildman–Crippen LogP) is 8.60. The van der Waals surface area contributed by atoms with Gasteiger partial charge in [0.05, 0.1) is 5.92 Å². The van der Waals surface area contributed by atoms with E-state index in [1.54, 1.807) is 5.57 Å². The zero-order chi connectivity index (χ0) is 24.0. The molecule has 0 radical (unpaired) electrons. The first-order valence-electron chi connectivity index (χ1n) is 14.5. The van der Waals surface area contributed by atoms with Crippen molar-refractivity contribution in [3.63, 3.8) is 0 Å². The van der Waals surface area contributed by atoms with Gasteiger partial charge in [-0.25, -0.2) is 0 Å². The first-order chi connectivity index (χ1) is 15.6. The van der Waals surface area contributed by atoms with Gasteiger partial charge in [0.15, 0.2) is 0 Å². The number of carbonyl (C=O) groups is 1. The van der Waals surface area contributed by atoms with Crippen LogP contribution in [0.4, 0.5) is 0 Å². The lowest BCUT2D eigenvalue weighted by molar-refractivity contribution is -0.155. The molecule has 3 fully saturated rings. The highest BCUT2D eigenvalue weighted by atomic mass is 16.5. The minimum absolute atomic E-state index is 0.0224. The first kappa shape index (κ1) is 25.3. The maximum atomic E-state index is 12.2. The Labute approximate surface area is 204 Å². The van der Waals surface area contributed by atoms with E-state index < -0.39 is 0 Å². The molecular formula is C31H52O2. The van der Waals surface area contributed by atoms with Crippen molar-refractivity contribution in [3.8, 4) is 0 Å². The molecule has 0 heterocycles. The van der Waals surface area contributed by atoms with E-state index >= 15 is 0 Å². The van der Waals surface area contributed by atoms with Crippen LogP contribution in [-0.2, 0) is 9.53 Å². The van der Waals surface area contributed by atoms with E-state index in [4.69, 9.17) is 4.74 Å². The van der Waals surface area contributed by atoms with Crippen LogP contribution in [0.3, 0.4) is 0 Å². The fourth-order valence-electron chi connectivity index (χ4n) is 9.05. The quantitative estimate of drug-likeness (QED) is 0.283. The zero-order valence-electron chi connectivity index (χ0n) is 22.8. The second-order valence-electron chi connectivity index (χ2n) is 13.7. The van der Waals surface area contributed by atoms with Gasteiger partial charge in [-0.05, 0) is 91.3 Å². The number of esters is 1. The molecule has 0 aromatic rings. The van der Waals surface area contributed by atoms with Gasteiger partial charge in [-0.3, -0.25) is 4.79 Å². The monoisotopic (exact) mass is 456 g/mol. The van der Waals surface area contributed by atoms with Crippen molar-refractivity contribution in [2.75, 3.05) is 0 Å². The number of allylic oxidation sites excluding steroid dienone is 1. The van der Waals surface area contributed by atoms with Crippen LogP contribution < -0.4 is 0 Å². The van der Waals surface area contributed by atoms with Crippen LogP contribution >= 0.6 is 0 Å². The maximum absolute atomic E-state index is 12.2. The van der Waals surface area contributed by atoms with Crippen LogP contribution in [0.15, 0.2) is 11.6 Å². The highest BCUT2D eigenvalue weighted by Crippen LogP contribution is 2.67. The molecule has 4 unspecified atom stereocenters. The normalized spacial score (nSPS) is 41.2. The number of carbonyl (C=O) groups excluding carboxylic acids is 1. The Bertz CT molecular complexity index is 735. The third-order valence-corrected chi connectivity index (χ3v) is 11.0. The molecule has 0 bridgehead atoms. The van der Waals surface area contributed by atoms with Gasteiger partial charge in [0.25, 0.3) is 0 Å². The van der Waals surface area contributed by atoms with Crippen molar-refractivity contribution >= 4 is 5.97 Å². The Morgan fingerprint density at radius 2 is 1.76 bits per heavy atom. The van der Waals surface area contributed by atoms with E-state index in [0.29, 0.717) is 10.8 Å². The molecule has 2 heteroatoms. The van der Waals surface area contributed by atoms with Gasteiger partial charge < -0.3 is 4.74 Å². The lowest BCUT2D eigenvalue weighted by atomic mass is 9.47. The third-order valence-electron chi connectivity index (χ3n) is 11.0. The Kier molecular flexibility index (Phi) is 7.43. The fraction of sp³-hybridized carbons (Fsp3) is 0.903. The van der Waals surface area contributed by atoms with E-state index in [2.05, 4.69) is 40.7 Å². The molecule has 0 spiro atoms. The Hall–Kier alpha value is -0.790. The lowest BCUT2D eigenvalue weighted by Crippen LogP contribution is -2.51. The average Bonchev–Trinajstić information content (AvgIpc) is 3.11. The Morgan fingerprint density at radius 1 is 1.00 bits per heavy atom. The second kappa shape index (κ2) is 9.69. The number of ether oxygens (including phenoxy) is 1. The van der Waals surface area contributed by atoms with E-state index in [1.165, 1.54) is 57.8 Å². The molecule has 8 atom stereocenters. The van der Waals surface area contributed by atoms with Crippen LogP contribution in [-0.4, -0.2) is 12.1 Å². The number of hydrogen-bond donors (Lipinski definition) is 0. The highest BCUT2D eigenvalue weighted by molar-refractivity contribution is 5.71. The van der Waals surface area contributed by atoms with Gasteiger partial charge in [0.2, 0.25) is 0 Å². The third kappa shape index (κ3) is 4.71. The van der Waals surface area contributed by atoms with Crippen molar-refractivity contribution in [3.05, 3.63) is 11.6 Å². The summed E-state index contributed by atoms with van der Waals surface area (Å²) in [5, 5.41) is 0. The summed E-state index contributed by atoms with van der Waals surface area (Å²) in [6.07, 6.45) is 17.2. The van der Waals surface area contributed by atoms with Crippen LogP contribution in [0, 0.1) is 52.3 Å². The van der Waals surface area contributed by atoms with Gasteiger partial charge in [0.1, 0.15) is 6.10 Å². The molecule has 4 aliphatic carbocycles. The summed E-state index contributed by atoms with van der Waals surface area (Å²) in [5.74, 6) is 5.24. The molecule has 3 saturated carbocycles. The summed E-state index contributed by atoms with van der Waals surface area (Å²) in [6.45, 7) is 16.5. The van der Waals surface area contributed by atoms with Gasteiger partial charge in [-0.2, -0.15) is 0 Å². The minimum atomic E-state index is -0.0258. The lowest BCUT2D eigenvalue weighted by Gasteiger charge is -2.58. The molecule has 4 rings (SSSR count). The number of fused-ring (bicyclic) bond motifs is 5. The molecule has 0 amide bonds. The van der Waals surface area contributed by atoms with Gasteiger partial charge >= 0.3 is 5.97 Å². The maximum Gasteiger partial charge on any atom is 0.308 e. The summed E-state index contributed by atoms with van der Waals surface area (Å²) in [5.41, 5.74) is 2.52. The van der Waals surface area contributed by atoms with E-state index in [-0.39, 0.29) is 18.0 Å². The molecule has 2 nitrogen and oxygen atoms in total. The minimum Gasteiger partial charge on any atom is -0.462 e. The highest BCUT2D eigenvalue weighted by Gasteiger charge is 2.59. The topological polar surface area (TPSA) is 26.3 Å². The summed E-state index contributed by atoms with van der Waals surface area (Å²) in [7, 11) is 0. The zero-order valence-corrected chi connectivity index (χ0v) is 22.8. The van der Waals surface area contributed by atoms with Crippen molar-refractivity contribution in [1.82, 2.24) is 0 Å². The fourth-order valence-corrected chi connectivity index (χ4v) is 9.05. The van der Waals surface area contributed by atoms with E-state index in [1.807, 2.05) is 13.8 Å². The van der Waals surface area contributed by atoms with Crippen molar-refractivity contribution < 1.29 is 9.53 Å². The van der Waals surface area contributed by atoms with Crippen molar-refractivity contribution in [2.24, 2.45) is 52.3 Å². The van der Waals surface area contributed by atoms with Gasteiger partial charge in [-0.1, -0.05) is 79.4 Å². The standard InChI is InChI=1S/C31H52O2/c1-20(2)9-8-10-22(5)26-13-14-27-25-12-11-23-19-24(33-29(32)21(3)4)15-17-30(23,6)28(25)16-18-31(26,27)7/h11,20-22,24-28H,8-10,12-19H2,1-7H3/t22-,24+,25?,26?,27?,28?,30+,31-/m1/s1. The predicted molar refractivity (Wildman–Crippen MR) is 138 cm³/mol. The summed E-state index contributed by atoms with van der Waals surface area (Å²) >= 11 is 0. The van der Waals surface area contributed by atoms with Crippen LogP contribution in [0.2, 0.25) is 0 Å².